The van der Waals surface area contributed by atoms with Crippen LogP contribution in [0.2, 0.25) is 0 Å². The lowest BCUT2D eigenvalue weighted by molar-refractivity contribution is 0.149. The standard InChI is InChI=1S/C27H25FN4O/c1-31-14-12-27(28,18-31)19-32-13-11-24-25(32)15-23(22-9-7-20(16-29)8-10-22)26(30-24)33-17-21-5-3-2-4-6-21/h2-11,13,15H,12,14,17-19H2,1H3. The van der Waals surface area contributed by atoms with Crippen LogP contribution in [0.5, 0.6) is 5.88 Å². The topological polar surface area (TPSA) is 54.1 Å². The maximum Gasteiger partial charge on any atom is 0.222 e. The van der Waals surface area contributed by atoms with Crippen molar-refractivity contribution in [1.82, 2.24) is 14.5 Å². The summed E-state index contributed by atoms with van der Waals surface area (Å²) in [6, 6.07) is 23.4. The van der Waals surface area contributed by atoms with E-state index in [4.69, 9.17) is 15.0 Å². The molecule has 1 atom stereocenters. The van der Waals surface area contributed by atoms with E-state index in [-0.39, 0.29) is 0 Å². The summed E-state index contributed by atoms with van der Waals surface area (Å²) in [6.07, 6.45) is 2.43. The van der Waals surface area contributed by atoms with E-state index in [2.05, 4.69) is 6.07 Å². The quantitative estimate of drug-likeness (QED) is 0.414. The SMILES string of the molecule is CN1CCC(F)(Cn2ccc3nc(OCc4ccccc4)c(-c4ccc(C#N)cc4)cc32)C1. The van der Waals surface area contributed by atoms with Gasteiger partial charge in [-0.1, -0.05) is 42.5 Å². The Bertz CT molecular complexity index is 1310. The van der Waals surface area contributed by atoms with Crippen LogP contribution in [0.25, 0.3) is 22.2 Å². The maximum atomic E-state index is 15.4. The first-order valence-electron chi connectivity index (χ1n) is 11.1. The molecule has 6 heteroatoms. The molecule has 0 spiro atoms. The van der Waals surface area contributed by atoms with E-state index in [1.165, 1.54) is 0 Å². The van der Waals surface area contributed by atoms with E-state index in [1.54, 1.807) is 12.1 Å². The number of fused-ring (bicyclic) bond motifs is 1. The molecule has 33 heavy (non-hydrogen) atoms. The van der Waals surface area contributed by atoms with Crippen LogP contribution in [-0.4, -0.2) is 40.3 Å². The minimum Gasteiger partial charge on any atom is -0.472 e. The number of nitriles is 1. The molecule has 166 valence electrons. The van der Waals surface area contributed by atoms with Crippen molar-refractivity contribution in [3.63, 3.8) is 0 Å². The second kappa shape index (κ2) is 8.68. The molecule has 4 aromatic rings. The van der Waals surface area contributed by atoms with Gasteiger partial charge in [0.05, 0.1) is 29.2 Å². The fourth-order valence-electron chi connectivity index (χ4n) is 4.47. The number of halogens is 1. The summed E-state index contributed by atoms with van der Waals surface area (Å²) in [6.45, 7) is 1.88. The molecule has 0 radical (unpaired) electrons. The second-order valence-corrected chi connectivity index (χ2v) is 8.79. The molecular weight excluding hydrogens is 415 g/mol. The molecule has 0 amide bonds. The fourth-order valence-corrected chi connectivity index (χ4v) is 4.47. The van der Waals surface area contributed by atoms with Gasteiger partial charge in [-0.15, -0.1) is 0 Å². The molecule has 0 N–H and O–H groups in total. The van der Waals surface area contributed by atoms with Gasteiger partial charge in [-0.3, -0.25) is 0 Å². The molecule has 0 saturated carbocycles. The predicted molar refractivity (Wildman–Crippen MR) is 127 cm³/mol. The number of ether oxygens (including phenoxy) is 1. The first-order valence-corrected chi connectivity index (χ1v) is 11.1. The summed E-state index contributed by atoms with van der Waals surface area (Å²) >= 11 is 0. The Kier molecular flexibility index (Phi) is 5.57. The van der Waals surface area contributed by atoms with Crippen LogP contribution in [0.1, 0.15) is 17.5 Å². The van der Waals surface area contributed by atoms with Crippen LogP contribution >= 0.6 is 0 Å². The predicted octanol–water partition coefficient (Wildman–Crippen LogP) is 5.20. The lowest BCUT2D eigenvalue weighted by Crippen LogP contribution is -2.32. The van der Waals surface area contributed by atoms with Crippen molar-refractivity contribution in [3.8, 4) is 23.1 Å². The molecule has 1 aliphatic rings. The third kappa shape index (κ3) is 4.46. The number of alkyl halides is 1. The summed E-state index contributed by atoms with van der Waals surface area (Å²) in [5, 5.41) is 9.16. The molecule has 5 nitrogen and oxygen atoms in total. The number of nitrogens with zero attached hydrogens (tertiary/aromatic N) is 4. The van der Waals surface area contributed by atoms with Crippen LogP contribution in [0, 0.1) is 11.3 Å². The van der Waals surface area contributed by atoms with E-state index in [9.17, 15) is 0 Å². The van der Waals surface area contributed by atoms with Gasteiger partial charge in [0.2, 0.25) is 5.88 Å². The van der Waals surface area contributed by atoms with Crippen LogP contribution < -0.4 is 4.74 Å². The Morgan fingerprint density at radius 3 is 2.61 bits per heavy atom. The first-order chi connectivity index (χ1) is 16.0. The zero-order valence-corrected chi connectivity index (χ0v) is 18.5. The summed E-state index contributed by atoms with van der Waals surface area (Å²) in [5.74, 6) is 0.518. The van der Waals surface area contributed by atoms with Gasteiger partial charge >= 0.3 is 0 Å². The molecule has 0 aliphatic carbocycles. The molecule has 1 fully saturated rings. The summed E-state index contributed by atoms with van der Waals surface area (Å²) in [4.78, 5) is 6.83. The van der Waals surface area contributed by atoms with Gasteiger partial charge in [0.1, 0.15) is 12.3 Å². The highest BCUT2D eigenvalue weighted by atomic mass is 19.1. The summed E-state index contributed by atoms with van der Waals surface area (Å²) < 4.78 is 23.5. The van der Waals surface area contributed by atoms with E-state index < -0.39 is 5.67 Å². The van der Waals surface area contributed by atoms with E-state index >= 15 is 4.39 Å². The zero-order chi connectivity index (χ0) is 22.8. The van der Waals surface area contributed by atoms with Gasteiger partial charge in [0, 0.05) is 24.8 Å². The molecule has 5 rings (SSSR count). The van der Waals surface area contributed by atoms with Crippen molar-refractivity contribution in [2.75, 3.05) is 20.1 Å². The molecule has 1 saturated heterocycles. The number of rotatable bonds is 6. The average Bonchev–Trinajstić information content (AvgIpc) is 3.39. The van der Waals surface area contributed by atoms with Gasteiger partial charge < -0.3 is 14.2 Å². The van der Waals surface area contributed by atoms with Crippen molar-refractivity contribution in [2.24, 2.45) is 0 Å². The van der Waals surface area contributed by atoms with E-state index in [0.29, 0.717) is 37.6 Å². The third-order valence-electron chi connectivity index (χ3n) is 6.21. The molecule has 2 aromatic heterocycles. The molecule has 0 bridgehead atoms. The summed E-state index contributed by atoms with van der Waals surface area (Å²) in [7, 11) is 1.95. The zero-order valence-electron chi connectivity index (χ0n) is 18.5. The number of aromatic nitrogens is 2. The lowest BCUT2D eigenvalue weighted by Gasteiger charge is -2.21. The van der Waals surface area contributed by atoms with Crippen molar-refractivity contribution in [2.45, 2.75) is 25.2 Å². The van der Waals surface area contributed by atoms with Crippen LogP contribution in [0.4, 0.5) is 4.39 Å². The molecular formula is C27H25FN4O. The van der Waals surface area contributed by atoms with Gasteiger partial charge in [0.25, 0.3) is 0 Å². The van der Waals surface area contributed by atoms with Crippen molar-refractivity contribution in [1.29, 1.82) is 5.26 Å². The maximum absolute atomic E-state index is 15.4. The molecule has 2 aromatic carbocycles. The number of benzene rings is 2. The minimum absolute atomic E-state index is 0.291. The average molecular weight is 441 g/mol. The highest BCUT2D eigenvalue weighted by Gasteiger charge is 2.37. The van der Waals surface area contributed by atoms with Gasteiger partial charge in [-0.25, -0.2) is 9.37 Å². The Hall–Kier alpha value is -3.69. The monoisotopic (exact) mass is 440 g/mol. The van der Waals surface area contributed by atoms with Gasteiger partial charge in [0.15, 0.2) is 0 Å². The Labute approximate surface area is 192 Å². The minimum atomic E-state index is -1.25. The number of hydrogen-bond acceptors (Lipinski definition) is 4. The largest absolute Gasteiger partial charge is 0.472 e. The molecule has 1 unspecified atom stereocenters. The normalized spacial score (nSPS) is 18.5. The van der Waals surface area contributed by atoms with Gasteiger partial charge in [-0.05, 0) is 48.9 Å². The third-order valence-corrected chi connectivity index (χ3v) is 6.21. The van der Waals surface area contributed by atoms with Crippen molar-refractivity contribution >= 4 is 11.0 Å². The first kappa shape index (κ1) is 21.2. The van der Waals surface area contributed by atoms with Crippen LogP contribution in [-0.2, 0) is 13.2 Å². The van der Waals surface area contributed by atoms with Crippen molar-refractivity contribution in [3.05, 3.63) is 84.1 Å². The van der Waals surface area contributed by atoms with E-state index in [0.717, 1.165) is 34.3 Å². The smallest absolute Gasteiger partial charge is 0.222 e. The number of pyridine rings is 1. The lowest BCUT2D eigenvalue weighted by atomic mass is 10.0. The summed E-state index contributed by atoms with van der Waals surface area (Å²) in [5.41, 5.74) is 3.74. The second-order valence-electron chi connectivity index (χ2n) is 8.79. The van der Waals surface area contributed by atoms with Crippen molar-refractivity contribution < 1.29 is 9.13 Å². The molecule has 3 heterocycles. The highest BCUT2D eigenvalue weighted by molar-refractivity contribution is 5.84. The van der Waals surface area contributed by atoms with Crippen LogP contribution in [0.3, 0.4) is 0 Å². The Morgan fingerprint density at radius 1 is 1.12 bits per heavy atom. The Morgan fingerprint density at radius 2 is 1.91 bits per heavy atom. The Balaban J connectivity index is 1.54. The molecule has 1 aliphatic heterocycles. The van der Waals surface area contributed by atoms with Gasteiger partial charge in [-0.2, -0.15) is 5.26 Å². The number of hydrogen-bond donors (Lipinski definition) is 0. The fraction of sp³-hybridized carbons (Fsp3) is 0.259. The van der Waals surface area contributed by atoms with Crippen LogP contribution in [0.15, 0.2) is 72.9 Å². The van der Waals surface area contributed by atoms with E-state index in [1.807, 2.05) is 77.3 Å². The highest BCUT2D eigenvalue weighted by Crippen LogP contribution is 2.34. The number of likely N-dealkylation sites (tertiary alicyclic amines) is 1.